The van der Waals surface area contributed by atoms with Crippen LogP contribution in [0.4, 0.5) is 5.69 Å². The lowest BCUT2D eigenvalue weighted by Gasteiger charge is -2.15. The van der Waals surface area contributed by atoms with Crippen LogP contribution in [0.25, 0.3) is 6.08 Å². The lowest BCUT2D eigenvalue weighted by atomic mass is 10.1. The largest absolute Gasteiger partial charge is 0.492 e. The molecule has 0 spiro atoms. The van der Waals surface area contributed by atoms with E-state index in [4.69, 9.17) is 31.2 Å². The molecule has 1 fully saturated rings. The third-order valence-corrected chi connectivity index (χ3v) is 6.13. The molecular formula is C20H16BrNO5S2. The van der Waals surface area contributed by atoms with Crippen LogP contribution in [0.3, 0.4) is 0 Å². The van der Waals surface area contributed by atoms with Crippen LogP contribution in [-0.4, -0.2) is 30.7 Å². The van der Waals surface area contributed by atoms with Gasteiger partial charge < -0.3 is 18.9 Å². The molecule has 0 aliphatic carbocycles. The van der Waals surface area contributed by atoms with Gasteiger partial charge in [0.2, 0.25) is 6.79 Å². The van der Waals surface area contributed by atoms with Crippen molar-refractivity contribution in [3.05, 3.63) is 45.3 Å². The van der Waals surface area contributed by atoms with E-state index in [-0.39, 0.29) is 12.7 Å². The summed E-state index contributed by atoms with van der Waals surface area (Å²) in [4.78, 5) is 15.1. The number of ether oxygens (including phenoxy) is 4. The van der Waals surface area contributed by atoms with Gasteiger partial charge in [0, 0.05) is 6.07 Å². The Bertz CT molecular complexity index is 1040. The van der Waals surface area contributed by atoms with E-state index >= 15 is 0 Å². The first kappa shape index (κ1) is 20.1. The van der Waals surface area contributed by atoms with Crippen LogP contribution < -0.4 is 23.8 Å². The summed E-state index contributed by atoms with van der Waals surface area (Å²) in [6.07, 6.45) is 1.79. The Morgan fingerprint density at radius 3 is 2.83 bits per heavy atom. The second kappa shape index (κ2) is 8.25. The monoisotopic (exact) mass is 493 g/mol. The van der Waals surface area contributed by atoms with Crippen molar-refractivity contribution < 1.29 is 23.7 Å². The first-order valence-electron chi connectivity index (χ1n) is 8.69. The zero-order valence-corrected chi connectivity index (χ0v) is 18.8. The van der Waals surface area contributed by atoms with Crippen molar-refractivity contribution in [1.82, 2.24) is 0 Å². The number of anilines is 1. The van der Waals surface area contributed by atoms with E-state index in [0.717, 1.165) is 10.0 Å². The third-order valence-electron chi connectivity index (χ3n) is 4.24. The van der Waals surface area contributed by atoms with Gasteiger partial charge in [0.1, 0.15) is 0 Å². The highest BCUT2D eigenvalue weighted by atomic mass is 79.9. The number of benzene rings is 2. The molecule has 2 heterocycles. The highest BCUT2D eigenvalue weighted by Crippen LogP contribution is 2.42. The number of carbonyl (C=O) groups excluding carboxylic acids is 1. The maximum Gasteiger partial charge on any atom is 0.270 e. The van der Waals surface area contributed by atoms with E-state index in [1.807, 2.05) is 19.1 Å². The Kier molecular flexibility index (Phi) is 5.71. The Morgan fingerprint density at radius 1 is 1.28 bits per heavy atom. The molecule has 150 valence electrons. The molecule has 4 rings (SSSR count). The maximum atomic E-state index is 13.0. The van der Waals surface area contributed by atoms with Crippen molar-refractivity contribution in [1.29, 1.82) is 0 Å². The number of halogens is 1. The summed E-state index contributed by atoms with van der Waals surface area (Å²) in [7, 11) is 1.58. The second-order valence-electron chi connectivity index (χ2n) is 6.02. The van der Waals surface area contributed by atoms with Crippen LogP contribution in [0.15, 0.2) is 39.7 Å². The summed E-state index contributed by atoms with van der Waals surface area (Å²) < 4.78 is 23.0. The summed E-state index contributed by atoms with van der Waals surface area (Å²) in [5.41, 5.74) is 1.44. The van der Waals surface area contributed by atoms with Crippen LogP contribution in [0, 0.1) is 0 Å². The van der Waals surface area contributed by atoms with E-state index in [0.29, 0.717) is 44.5 Å². The molecule has 2 aromatic carbocycles. The van der Waals surface area contributed by atoms with Crippen molar-refractivity contribution in [3.8, 4) is 23.0 Å². The zero-order valence-electron chi connectivity index (χ0n) is 15.6. The fourth-order valence-corrected chi connectivity index (χ4v) is 4.92. The highest BCUT2D eigenvalue weighted by Gasteiger charge is 2.34. The van der Waals surface area contributed by atoms with E-state index < -0.39 is 0 Å². The van der Waals surface area contributed by atoms with Gasteiger partial charge in [-0.3, -0.25) is 9.69 Å². The van der Waals surface area contributed by atoms with Gasteiger partial charge in [-0.05, 0) is 58.8 Å². The number of fused-ring (bicyclic) bond motifs is 1. The van der Waals surface area contributed by atoms with Gasteiger partial charge in [-0.15, -0.1) is 0 Å². The third kappa shape index (κ3) is 3.82. The molecule has 2 aliphatic heterocycles. The van der Waals surface area contributed by atoms with Crippen molar-refractivity contribution >= 4 is 61.9 Å². The summed E-state index contributed by atoms with van der Waals surface area (Å²) in [6, 6.07) is 9.02. The quantitative estimate of drug-likeness (QED) is 0.429. The van der Waals surface area contributed by atoms with Crippen molar-refractivity contribution in [2.75, 3.05) is 25.4 Å². The number of thiocarbonyl (C=S) groups is 1. The Balaban J connectivity index is 1.66. The number of nitrogens with zero attached hydrogens (tertiary/aromatic N) is 1. The summed E-state index contributed by atoms with van der Waals surface area (Å²) in [5.74, 6) is 2.27. The zero-order chi connectivity index (χ0) is 20.5. The van der Waals surface area contributed by atoms with Gasteiger partial charge in [-0.2, -0.15) is 0 Å². The van der Waals surface area contributed by atoms with Crippen LogP contribution >= 0.6 is 39.9 Å². The van der Waals surface area contributed by atoms with Gasteiger partial charge >= 0.3 is 0 Å². The van der Waals surface area contributed by atoms with E-state index in [1.54, 1.807) is 31.4 Å². The van der Waals surface area contributed by atoms with E-state index in [9.17, 15) is 4.79 Å². The number of amides is 1. The van der Waals surface area contributed by atoms with Gasteiger partial charge in [0.05, 0.1) is 28.8 Å². The molecule has 0 saturated carbocycles. The number of rotatable bonds is 5. The highest BCUT2D eigenvalue weighted by molar-refractivity contribution is 9.10. The van der Waals surface area contributed by atoms with Crippen molar-refractivity contribution in [3.63, 3.8) is 0 Å². The first-order valence-corrected chi connectivity index (χ1v) is 10.7. The fourth-order valence-electron chi connectivity index (χ4n) is 3.00. The number of hydrogen-bond donors (Lipinski definition) is 0. The Morgan fingerprint density at radius 2 is 2.07 bits per heavy atom. The molecule has 0 radical (unpaired) electrons. The van der Waals surface area contributed by atoms with Crippen LogP contribution in [0.5, 0.6) is 23.0 Å². The summed E-state index contributed by atoms with van der Waals surface area (Å²) in [5, 5.41) is 0. The number of carbonyl (C=O) groups is 1. The van der Waals surface area contributed by atoms with Crippen molar-refractivity contribution in [2.45, 2.75) is 6.92 Å². The molecule has 9 heteroatoms. The van der Waals surface area contributed by atoms with Gasteiger partial charge in [-0.25, -0.2) is 0 Å². The molecule has 0 atom stereocenters. The van der Waals surface area contributed by atoms with Crippen LogP contribution in [0.1, 0.15) is 12.5 Å². The predicted molar refractivity (Wildman–Crippen MR) is 120 cm³/mol. The smallest absolute Gasteiger partial charge is 0.270 e. The molecule has 0 bridgehead atoms. The average molecular weight is 494 g/mol. The maximum absolute atomic E-state index is 13.0. The topological polar surface area (TPSA) is 57.2 Å². The summed E-state index contributed by atoms with van der Waals surface area (Å²) >= 11 is 10.2. The molecule has 29 heavy (non-hydrogen) atoms. The fraction of sp³-hybridized carbons (Fsp3) is 0.200. The van der Waals surface area contributed by atoms with E-state index in [2.05, 4.69) is 15.9 Å². The Hall–Kier alpha value is -2.23. The van der Waals surface area contributed by atoms with Gasteiger partial charge in [0.25, 0.3) is 5.91 Å². The molecule has 6 nitrogen and oxygen atoms in total. The Labute approximate surface area is 185 Å². The summed E-state index contributed by atoms with van der Waals surface area (Å²) in [6.45, 7) is 2.57. The average Bonchev–Trinajstić information content (AvgIpc) is 3.25. The molecule has 2 aromatic rings. The molecular weight excluding hydrogens is 478 g/mol. The van der Waals surface area contributed by atoms with Crippen LogP contribution in [-0.2, 0) is 4.79 Å². The van der Waals surface area contributed by atoms with Gasteiger partial charge in [0.15, 0.2) is 27.3 Å². The molecule has 2 aliphatic rings. The SMILES string of the molecule is CCOc1cc(/C=C2/SC(=S)N(c3ccc4c(c3)OCO4)C2=O)cc(Br)c1OC. The first-order chi connectivity index (χ1) is 14.0. The molecule has 0 N–H and O–H groups in total. The standard InChI is InChI=1S/C20H16BrNO5S2/c1-3-25-16-7-11(6-13(21)18(16)24-2)8-17-19(23)22(20(28)29-17)12-4-5-14-15(9-12)27-10-26-14/h4-9H,3,10H2,1-2H3/b17-8+. The predicted octanol–water partition coefficient (Wildman–Crippen LogP) is 4.99. The van der Waals surface area contributed by atoms with E-state index in [1.165, 1.54) is 16.7 Å². The van der Waals surface area contributed by atoms with Gasteiger partial charge in [-0.1, -0.05) is 24.0 Å². The molecule has 0 unspecified atom stereocenters. The number of methoxy groups -OCH3 is 1. The minimum absolute atomic E-state index is 0.172. The lowest BCUT2D eigenvalue weighted by molar-refractivity contribution is -0.113. The second-order valence-corrected chi connectivity index (χ2v) is 8.55. The molecule has 1 amide bonds. The minimum atomic E-state index is -0.191. The molecule has 1 saturated heterocycles. The number of hydrogen-bond acceptors (Lipinski definition) is 7. The normalized spacial score (nSPS) is 16.7. The lowest BCUT2D eigenvalue weighted by Crippen LogP contribution is -2.27. The van der Waals surface area contributed by atoms with Crippen LogP contribution in [0.2, 0.25) is 0 Å². The van der Waals surface area contributed by atoms with Crippen molar-refractivity contribution in [2.24, 2.45) is 0 Å². The molecule has 0 aromatic heterocycles. The number of thioether (sulfide) groups is 1. The minimum Gasteiger partial charge on any atom is -0.492 e.